The van der Waals surface area contributed by atoms with Gasteiger partial charge in [-0.15, -0.1) is 11.3 Å². The van der Waals surface area contributed by atoms with Crippen molar-refractivity contribution in [3.05, 3.63) is 53.0 Å². The van der Waals surface area contributed by atoms with E-state index in [2.05, 4.69) is 20.5 Å². The van der Waals surface area contributed by atoms with Gasteiger partial charge in [-0.25, -0.2) is 0 Å². The van der Waals surface area contributed by atoms with Crippen LogP contribution in [0.1, 0.15) is 9.67 Å². The first-order chi connectivity index (χ1) is 9.33. The minimum Gasteiger partial charge on any atom is -0.304 e. The van der Waals surface area contributed by atoms with Crippen molar-refractivity contribution in [1.82, 2.24) is 15.2 Å². The number of pyridine rings is 1. The Labute approximate surface area is 113 Å². The zero-order valence-corrected chi connectivity index (χ0v) is 10.6. The van der Waals surface area contributed by atoms with E-state index in [4.69, 9.17) is 0 Å². The van der Waals surface area contributed by atoms with E-state index in [0.717, 1.165) is 11.3 Å². The van der Waals surface area contributed by atoms with Gasteiger partial charge in [0.15, 0.2) is 5.82 Å². The van der Waals surface area contributed by atoms with Gasteiger partial charge in [-0.2, -0.15) is 5.10 Å². The minimum absolute atomic E-state index is 0.150. The molecule has 0 aliphatic heterocycles. The molecule has 3 rings (SSSR count). The van der Waals surface area contributed by atoms with Crippen molar-refractivity contribution in [3.63, 3.8) is 0 Å². The largest absolute Gasteiger partial charge is 0.304 e. The maximum absolute atomic E-state index is 11.9. The van der Waals surface area contributed by atoms with Crippen LogP contribution in [0.3, 0.4) is 0 Å². The van der Waals surface area contributed by atoms with Crippen LogP contribution in [0, 0.1) is 0 Å². The van der Waals surface area contributed by atoms with E-state index >= 15 is 0 Å². The monoisotopic (exact) mass is 270 g/mol. The third kappa shape index (κ3) is 2.53. The topological polar surface area (TPSA) is 70.7 Å². The van der Waals surface area contributed by atoms with Crippen LogP contribution in [0.4, 0.5) is 5.82 Å². The summed E-state index contributed by atoms with van der Waals surface area (Å²) < 4.78 is 0. The molecular formula is C13H10N4OS. The van der Waals surface area contributed by atoms with E-state index in [9.17, 15) is 4.79 Å². The Morgan fingerprint density at radius 2 is 2.11 bits per heavy atom. The van der Waals surface area contributed by atoms with Crippen LogP contribution in [0.5, 0.6) is 0 Å². The number of carbonyl (C=O) groups excluding carboxylic acids is 1. The summed E-state index contributed by atoms with van der Waals surface area (Å²) in [6.07, 6.45) is 3.42. The third-order valence-corrected chi connectivity index (χ3v) is 3.42. The van der Waals surface area contributed by atoms with Gasteiger partial charge < -0.3 is 5.32 Å². The molecule has 0 spiro atoms. The van der Waals surface area contributed by atoms with E-state index in [1.54, 1.807) is 24.5 Å². The summed E-state index contributed by atoms with van der Waals surface area (Å²) in [6, 6.07) is 9.15. The number of aromatic amines is 1. The summed E-state index contributed by atoms with van der Waals surface area (Å²) in [4.78, 5) is 16.5. The molecule has 94 valence electrons. The van der Waals surface area contributed by atoms with Crippen molar-refractivity contribution < 1.29 is 4.79 Å². The molecule has 0 radical (unpaired) electrons. The van der Waals surface area contributed by atoms with Gasteiger partial charge in [0.05, 0.1) is 10.6 Å². The summed E-state index contributed by atoms with van der Waals surface area (Å²) in [6.45, 7) is 0. The molecule has 0 bridgehead atoms. The highest BCUT2D eigenvalue weighted by Gasteiger charge is 2.09. The first-order valence-electron chi connectivity index (χ1n) is 5.63. The molecule has 5 nitrogen and oxygen atoms in total. The second-order valence-electron chi connectivity index (χ2n) is 3.83. The second-order valence-corrected chi connectivity index (χ2v) is 4.78. The number of thiophene rings is 1. The molecule has 0 unspecified atom stereocenters. The Bertz CT molecular complexity index is 676. The number of amides is 1. The maximum atomic E-state index is 11.9. The number of nitrogens with one attached hydrogen (secondary N) is 2. The number of carbonyl (C=O) groups is 1. The van der Waals surface area contributed by atoms with Gasteiger partial charge in [0.1, 0.15) is 0 Å². The summed E-state index contributed by atoms with van der Waals surface area (Å²) >= 11 is 1.40. The molecule has 3 aromatic heterocycles. The number of hydrogen-bond donors (Lipinski definition) is 2. The van der Waals surface area contributed by atoms with Gasteiger partial charge in [0.25, 0.3) is 5.91 Å². The highest BCUT2D eigenvalue weighted by Crippen LogP contribution is 2.19. The van der Waals surface area contributed by atoms with Crippen LogP contribution in [-0.4, -0.2) is 21.1 Å². The van der Waals surface area contributed by atoms with Gasteiger partial charge in [-0.1, -0.05) is 6.07 Å². The number of hydrogen-bond acceptors (Lipinski definition) is 4. The van der Waals surface area contributed by atoms with Gasteiger partial charge in [0.2, 0.25) is 0 Å². The highest BCUT2D eigenvalue weighted by molar-refractivity contribution is 7.12. The zero-order chi connectivity index (χ0) is 13.1. The smallest absolute Gasteiger partial charge is 0.266 e. The molecule has 0 fully saturated rings. The van der Waals surface area contributed by atoms with Crippen LogP contribution in [0.15, 0.2) is 48.1 Å². The number of nitrogens with zero attached hydrogens (tertiary/aromatic N) is 2. The normalized spacial score (nSPS) is 10.3. The Balaban J connectivity index is 1.77. The fourth-order valence-corrected chi connectivity index (χ4v) is 2.27. The van der Waals surface area contributed by atoms with Crippen LogP contribution in [-0.2, 0) is 0 Å². The molecule has 0 aliphatic carbocycles. The minimum atomic E-state index is -0.150. The van der Waals surface area contributed by atoms with E-state index in [-0.39, 0.29) is 5.91 Å². The lowest BCUT2D eigenvalue weighted by molar-refractivity contribution is 0.103. The summed E-state index contributed by atoms with van der Waals surface area (Å²) in [5, 5.41) is 11.6. The number of aromatic nitrogens is 3. The molecule has 3 heterocycles. The molecular weight excluding hydrogens is 260 g/mol. The summed E-state index contributed by atoms with van der Waals surface area (Å²) in [7, 11) is 0. The van der Waals surface area contributed by atoms with E-state index in [1.807, 2.05) is 23.6 Å². The quantitative estimate of drug-likeness (QED) is 0.768. The summed E-state index contributed by atoms with van der Waals surface area (Å²) in [5.74, 6) is 0.355. The van der Waals surface area contributed by atoms with Crippen LogP contribution in [0.2, 0.25) is 0 Å². The maximum Gasteiger partial charge on any atom is 0.266 e. The summed E-state index contributed by atoms with van der Waals surface area (Å²) in [5.41, 5.74) is 1.81. The lowest BCUT2D eigenvalue weighted by Crippen LogP contribution is -2.10. The predicted molar refractivity (Wildman–Crippen MR) is 74.1 cm³/mol. The van der Waals surface area contributed by atoms with Gasteiger partial charge >= 0.3 is 0 Å². The number of H-pyrrole nitrogens is 1. The molecule has 0 saturated heterocycles. The van der Waals surface area contributed by atoms with Crippen molar-refractivity contribution >= 4 is 23.1 Å². The highest BCUT2D eigenvalue weighted by atomic mass is 32.1. The fraction of sp³-hybridized carbons (Fsp3) is 0. The van der Waals surface area contributed by atoms with Crippen molar-refractivity contribution in [1.29, 1.82) is 0 Å². The van der Waals surface area contributed by atoms with Gasteiger partial charge in [-0.3, -0.25) is 14.9 Å². The van der Waals surface area contributed by atoms with Crippen molar-refractivity contribution in [2.24, 2.45) is 0 Å². The Kier molecular flexibility index (Phi) is 3.07. The molecule has 0 aliphatic rings. The molecule has 0 saturated carbocycles. The third-order valence-electron chi connectivity index (χ3n) is 2.56. The standard InChI is InChI=1S/C13H10N4OS/c18-13(11-2-1-7-19-11)15-12-8-10(16-17-12)9-3-5-14-6-4-9/h1-8H,(H2,15,16,17,18). The van der Waals surface area contributed by atoms with E-state index < -0.39 is 0 Å². The van der Waals surface area contributed by atoms with Gasteiger partial charge in [0, 0.05) is 24.0 Å². The fourth-order valence-electron chi connectivity index (χ4n) is 1.65. The first kappa shape index (κ1) is 11.6. The van der Waals surface area contributed by atoms with Crippen LogP contribution in [0.25, 0.3) is 11.3 Å². The molecule has 19 heavy (non-hydrogen) atoms. The molecule has 2 N–H and O–H groups in total. The molecule has 0 atom stereocenters. The van der Waals surface area contributed by atoms with Crippen molar-refractivity contribution in [3.8, 4) is 11.3 Å². The van der Waals surface area contributed by atoms with Gasteiger partial charge in [-0.05, 0) is 23.6 Å². The van der Waals surface area contributed by atoms with Crippen LogP contribution >= 0.6 is 11.3 Å². The molecule has 6 heteroatoms. The van der Waals surface area contributed by atoms with E-state index in [0.29, 0.717) is 10.7 Å². The molecule has 0 aromatic carbocycles. The number of anilines is 1. The predicted octanol–water partition coefficient (Wildman–Crippen LogP) is 2.79. The molecule has 3 aromatic rings. The number of rotatable bonds is 3. The Morgan fingerprint density at radius 1 is 1.26 bits per heavy atom. The van der Waals surface area contributed by atoms with E-state index in [1.165, 1.54) is 11.3 Å². The zero-order valence-electron chi connectivity index (χ0n) is 9.83. The SMILES string of the molecule is O=C(Nc1cc(-c2ccncc2)[nH]n1)c1cccs1. The van der Waals surface area contributed by atoms with Crippen molar-refractivity contribution in [2.45, 2.75) is 0 Å². The van der Waals surface area contributed by atoms with Crippen molar-refractivity contribution in [2.75, 3.05) is 5.32 Å². The lowest BCUT2D eigenvalue weighted by atomic mass is 10.2. The average Bonchev–Trinajstić information content (AvgIpc) is 3.11. The van der Waals surface area contributed by atoms with Crippen LogP contribution < -0.4 is 5.32 Å². The lowest BCUT2D eigenvalue weighted by Gasteiger charge is -1.97. The molecule has 1 amide bonds. The average molecular weight is 270 g/mol. The Hall–Kier alpha value is -2.47. The first-order valence-corrected chi connectivity index (χ1v) is 6.51. The Morgan fingerprint density at radius 3 is 2.84 bits per heavy atom. The second kappa shape index (κ2) is 5.03.